The molecule has 2 aromatic rings. The van der Waals surface area contributed by atoms with E-state index >= 15 is 0 Å². The van der Waals surface area contributed by atoms with Gasteiger partial charge in [0.15, 0.2) is 0 Å². The van der Waals surface area contributed by atoms with Gasteiger partial charge in [-0.2, -0.15) is 4.37 Å². The molecule has 0 atom stereocenters. The quantitative estimate of drug-likeness (QED) is 0.896. The lowest BCUT2D eigenvalue weighted by Gasteiger charge is -2.24. The molecule has 1 aliphatic rings. The van der Waals surface area contributed by atoms with Crippen LogP contribution in [0.1, 0.15) is 37.3 Å². The summed E-state index contributed by atoms with van der Waals surface area (Å²) in [5.41, 5.74) is 4.74. The number of amides is 1. The van der Waals surface area contributed by atoms with Gasteiger partial charge >= 0.3 is 5.91 Å². The normalized spacial score (nSPS) is 24.3. The fourth-order valence-corrected chi connectivity index (χ4v) is 3.62. The first-order chi connectivity index (χ1) is 8.75. The highest BCUT2D eigenvalue weighted by atomic mass is 32.1. The van der Waals surface area contributed by atoms with Crippen LogP contribution >= 0.6 is 11.5 Å². The van der Waals surface area contributed by atoms with E-state index in [1.165, 1.54) is 22.6 Å². The Bertz CT molecular complexity index is 572. The first kappa shape index (κ1) is 11.7. The summed E-state index contributed by atoms with van der Waals surface area (Å²) >= 11 is 1.52. The second-order valence-corrected chi connectivity index (χ2v) is 5.76. The topological polar surface area (TPSA) is 70.5 Å². The Kier molecular flexibility index (Phi) is 3.09. The van der Waals surface area contributed by atoms with E-state index in [2.05, 4.69) is 15.1 Å². The molecule has 5 heteroatoms. The van der Waals surface area contributed by atoms with Crippen LogP contribution in [0.5, 0.6) is 0 Å². The van der Waals surface area contributed by atoms with Gasteiger partial charge in [0.2, 0.25) is 0 Å². The molecule has 0 bridgehead atoms. The Hall–Kier alpha value is -1.33. The summed E-state index contributed by atoms with van der Waals surface area (Å²) in [5, 5.41) is 1.24. The van der Waals surface area contributed by atoms with E-state index in [0.29, 0.717) is 5.92 Å². The molecule has 4 nitrogen and oxygen atoms in total. The van der Waals surface area contributed by atoms with Crippen LogP contribution in [0.2, 0.25) is 0 Å². The summed E-state index contributed by atoms with van der Waals surface area (Å²) in [6, 6.07) is 2.05. The first-order valence-corrected chi connectivity index (χ1v) is 7.08. The minimum atomic E-state index is 0.0979. The van der Waals surface area contributed by atoms with Crippen LogP contribution in [0.4, 0.5) is 0 Å². The van der Waals surface area contributed by atoms with Gasteiger partial charge in [-0.25, -0.2) is 4.79 Å². The highest BCUT2D eigenvalue weighted by Crippen LogP contribution is 2.38. The molecule has 0 aliphatic heterocycles. The molecule has 0 aromatic carbocycles. The van der Waals surface area contributed by atoms with Gasteiger partial charge in [-0.1, -0.05) is 0 Å². The SMILES string of the molecule is [NH3+]C(=O)C1CCC(c2nsc3cnccc23)CC1. The summed E-state index contributed by atoms with van der Waals surface area (Å²) in [7, 11) is 0. The molecule has 18 heavy (non-hydrogen) atoms. The van der Waals surface area contributed by atoms with Crippen LogP contribution < -0.4 is 5.73 Å². The number of carbonyl (C=O) groups is 1. The number of nitrogens with zero attached hydrogens (tertiary/aromatic N) is 2. The highest BCUT2D eigenvalue weighted by Gasteiger charge is 2.29. The molecule has 3 rings (SSSR count). The third-order valence-electron chi connectivity index (χ3n) is 3.87. The summed E-state index contributed by atoms with van der Waals surface area (Å²) in [4.78, 5) is 15.4. The molecule has 94 valence electrons. The van der Waals surface area contributed by atoms with Gasteiger partial charge in [0.25, 0.3) is 0 Å². The van der Waals surface area contributed by atoms with Crippen LogP contribution in [0, 0.1) is 5.92 Å². The first-order valence-electron chi connectivity index (χ1n) is 6.31. The van der Waals surface area contributed by atoms with Gasteiger partial charge in [0, 0.05) is 23.7 Å². The van der Waals surface area contributed by atoms with Gasteiger partial charge < -0.3 is 0 Å². The number of hydrogen-bond donors (Lipinski definition) is 1. The lowest BCUT2D eigenvalue weighted by Crippen LogP contribution is -2.60. The van der Waals surface area contributed by atoms with Gasteiger partial charge in [-0.3, -0.25) is 10.7 Å². The molecular weight excluding hydrogens is 246 g/mol. The van der Waals surface area contributed by atoms with Crippen molar-refractivity contribution in [3.8, 4) is 0 Å². The molecule has 3 N–H and O–H groups in total. The number of quaternary nitrogens is 1. The average molecular weight is 262 g/mol. The van der Waals surface area contributed by atoms with Gasteiger partial charge in [-0.15, -0.1) is 0 Å². The number of pyridine rings is 1. The van der Waals surface area contributed by atoms with E-state index in [1.807, 2.05) is 18.5 Å². The van der Waals surface area contributed by atoms with E-state index < -0.39 is 0 Å². The molecule has 1 fully saturated rings. The Morgan fingerprint density at radius 1 is 1.33 bits per heavy atom. The maximum atomic E-state index is 11.3. The predicted molar refractivity (Wildman–Crippen MR) is 70.0 cm³/mol. The largest absolute Gasteiger partial charge is 0.311 e. The Morgan fingerprint density at radius 3 is 2.83 bits per heavy atom. The molecule has 2 heterocycles. The van der Waals surface area contributed by atoms with Crippen LogP contribution in [0.3, 0.4) is 0 Å². The fraction of sp³-hybridized carbons (Fsp3) is 0.462. The Morgan fingerprint density at radius 2 is 2.11 bits per heavy atom. The molecule has 0 unspecified atom stereocenters. The smallest absolute Gasteiger partial charge is 0.294 e. The summed E-state index contributed by atoms with van der Waals surface area (Å²) in [5.74, 6) is 0.769. The summed E-state index contributed by atoms with van der Waals surface area (Å²) < 4.78 is 5.75. The monoisotopic (exact) mass is 262 g/mol. The second-order valence-electron chi connectivity index (χ2n) is 4.95. The van der Waals surface area contributed by atoms with Crippen molar-refractivity contribution < 1.29 is 10.5 Å². The third-order valence-corrected chi connectivity index (χ3v) is 4.68. The number of fused-ring (bicyclic) bond motifs is 1. The predicted octanol–water partition coefficient (Wildman–Crippen LogP) is 1.73. The zero-order valence-corrected chi connectivity index (χ0v) is 10.9. The lowest BCUT2D eigenvalue weighted by atomic mass is 9.79. The number of carbonyl (C=O) groups excluding carboxylic acids is 1. The minimum Gasteiger partial charge on any atom is -0.294 e. The molecule has 0 spiro atoms. The fourth-order valence-electron chi connectivity index (χ4n) is 2.80. The van der Waals surface area contributed by atoms with Crippen molar-refractivity contribution in [2.24, 2.45) is 5.92 Å². The van der Waals surface area contributed by atoms with Crippen LogP contribution in [-0.2, 0) is 4.79 Å². The third kappa shape index (κ3) is 2.04. The van der Waals surface area contributed by atoms with Crippen molar-refractivity contribution in [3.63, 3.8) is 0 Å². The van der Waals surface area contributed by atoms with Gasteiger partial charge in [0.05, 0.1) is 16.3 Å². The maximum Gasteiger partial charge on any atom is 0.311 e. The van der Waals surface area contributed by atoms with Crippen molar-refractivity contribution in [3.05, 3.63) is 24.2 Å². The van der Waals surface area contributed by atoms with Crippen LogP contribution in [0.15, 0.2) is 18.5 Å². The minimum absolute atomic E-state index is 0.0979. The zero-order valence-electron chi connectivity index (χ0n) is 10.1. The second kappa shape index (κ2) is 4.74. The maximum absolute atomic E-state index is 11.3. The van der Waals surface area contributed by atoms with Crippen LogP contribution in [-0.4, -0.2) is 15.3 Å². The summed E-state index contributed by atoms with van der Waals surface area (Å²) in [6.45, 7) is 0. The number of hydrogen-bond acceptors (Lipinski definition) is 4. The van der Waals surface area contributed by atoms with Gasteiger partial charge in [0.1, 0.15) is 0 Å². The average Bonchev–Trinajstić information content (AvgIpc) is 2.82. The van der Waals surface area contributed by atoms with E-state index in [4.69, 9.17) is 0 Å². The van der Waals surface area contributed by atoms with Crippen molar-refractivity contribution in [2.45, 2.75) is 31.6 Å². The highest BCUT2D eigenvalue weighted by molar-refractivity contribution is 7.13. The van der Waals surface area contributed by atoms with E-state index in [-0.39, 0.29) is 11.8 Å². The van der Waals surface area contributed by atoms with Crippen molar-refractivity contribution in [1.82, 2.24) is 9.36 Å². The number of aromatic nitrogens is 2. The number of rotatable bonds is 2. The molecule has 1 aliphatic carbocycles. The van der Waals surface area contributed by atoms with Crippen LogP contribution in [0.25, 0.3) is 10.1 Å². The zero-order chi connectivity index (χ0) is 12.5. The van der Waals surface area contributed by atoms with Crippen molar-refractivity contribution >= 4 is 27.5 Å². The van der Waals surface area contributed by atoms with E-state index in [1.54, 1.807) is 0 Å². The molecule has 0 saturated heterocycles. The van der Waals surface area contributed by atoms with E-state index in [9.17, 15) is 4.79 Å². The molecule has 1 amide bonds. The molecule has 2 aromatic heterocycles. The Balaban J connectivity index is 1.82. The Labute approximate surface area is 109 Å². The summed E-state index contributed by atoms with van der Waals surface area (Å²) in [6.07, 6.45) is 7.71. The molecule has 0 radical (unpaired) electrons. The van der Waals surface area contributed by atoms with Gasteiger partial charge in [-0.05, 0) is 43.3 Å². The molecular formula is C13H16N3OS+. The standard InChI is InChI=1S/C13H15N3OS/c14-13(17)9-3-1-8(2-4-9)12-10-5-6-15-7-11(10)18-16-12/h5-9H,1-4H2,(H2,14,17)/p+1. The lowest BCUT2D eigenvalue weighted by molar-refractivity contribution is -0.312. The van der Waals surface area contributed by atoms with Crippen molar-refractivity contribution in [1.29, 1.82) is 0 Å². The van der Waals surface area contributed by atoms with E-state index in [0.717, 1.165) is 30.4 Å². The van der Waals surface area contributed by atoms with Crippen molar-refractivity contribution in [2.75, 3.05) is 0 Å². The molecule has 1 saturated carbocycles.